The van der Waals surface area contributed by atoms with Crippen LogP contribution in [0.25, 0.3) is 11.1 Å². The Morgan fingerprint density at radius 2 is 1.33 bits per heavy atom. The summed E-state index contributed by atoms with van der Waals surface area (Å²) >= 11 is 2.50. The molecule has 1 unspecified atom stereocenters. The van der Waals surface area contributed by atoms with Crippen molar-refractivity contribution in [2.24, 2.45) is 5.92 Å². The monoisotopic (exact) mass is 511 g/mol. The molecule has 0 aliphatic heterocycles. The fourth-order valence-corrected chi connectivity index (χ4v) is 3.96. The zero-order chi connectivity index (χ0) is 21.3. The lowest BCUT2D eigenvalue weighted by Gasteiger charge is -2.22. The SMILES string of the molecule is CC(CI)/C(=C(/c1ccccc1)c1ccc(OCCN(C)C)cc1)c1ccccc1. The van der Waals surface area contributed by atoms with Crippen LogP contribution in [-0.2, 0) is 0 Å². The third kappa shape index (κ3) is 5.96. The Bertz CT molecular complexity index is 934. The molecule has 3 aromatic carbocycles. The number of nitrogens with zero attached hydrogens (tertiary/aromatic N) is 1. The highest BCUT2D eigenvalue weighted by molar-refractivity contribution is 14.1. The van der Waals surface area contributed by atoms with Gasteiger partial charge in [0.05, 0.1) is 0 Å². The van der Waals surface area contributed by atoms with Crippen molar-refractivity contribution in [2.45, 2.75) is 6.92 Å². The van der Waals surface area contributed by atoms with Crippen molar-refractivity contribution in [3.63, 3.8) is 0 Å². The number of hydrogen-bond donors (Lipinski definition) is 0. The second-order valence-electron chi connectivity index (χ2n) is 7.75. The second kappa shape index (κ2) is 11.3. The molecule has 0 aliphatic carbocycles. The summed E-state index contributed by atoms with van der Waals surface area (Å²) in [5.74, 6) is 1.34. The maximum Gasteiger partial charge on any atom is 0.119 e. The van der Waals surface area contributed by atoms with E-state index in [1.807, 2.05) is 0 Å². The molecule has 0 heterocycles. The summed E-state index contributed by atoms with van der Waals surface area (Å²) in [6.45, 7) is 3.91. The van der Waals surface area contributed by atoms with Crippen molar-refractivity contribution >= 4 is 33.7 Å². The Labute approximate surface area is 194 Å². The van der Waals surface area contributed by atoms with Crippen LogP contribution in [0.3, 0.4) is 0 Å². The van der Waals surface area contributed by atoms with Crippen LogP contribution in [-0.4, -0.2) is 36.6 Å². The third-order valence-electron chi connectivity index (χ3n) is 5.09. The predicted molar refractivity (Wildman–Crippen MR) is 137 cm³/mol. The summed E-state index contributed by atoms with van der Waals surface area (Å²) in [4.78, 5) is 2.13. The minimum atomic E-state index is 0.430. The minimum Gasteiger partial charge on any atom is -0.492 e. The Hall–Kier alpha value is -2.11. The van der Waals surface area contributed by atoms with Gasteiger partial charge in [-0.05, 0) is 60.0 Å². The van der Waals surface area contributed by atoms with Crippen LogP contribution in [0.1, 0.15) is 23.6 Å². The topological polar surface area (TPSA) is 12.5 Å². The van der Waals surface area contributed by atoms with Gasteiger partial charge >= 0.3 is 0 Å². The average molecular weight is 511 g/mol. The van der Waals surface area contributed by atoms with E-state index in [2.05, 4.69) is 133 Å². The number of hydrogen-bond acceptors (Lipinski definition) is 2. The zero-order valence-electron chi connectivity index (χ0n) is 18.0. The third-order valence-corrected chi connectivity index (χ3v) is 6.41. The molecule has 0 aliphatic rings. The van der Waals surface area contributed by atoms with Crippen molar-refractivity contribution in [3.05, 3.63) is 102 Å². The van der Waals surface area contributed by atoms with E-state index in [1.54, 1.807) is 0 Å². The van der Waals surface area contributed by atoms with E-state index >= 15 is 0 Å². The molecule has 3 heteroatoms. The van der Waals surface area contributed by atoms with Crippen LogP contribution in [0.2, 0.25) is 0 Å². The highest BCUT2D eigenvalue weighted by Crippen LogP contribution is 2.38. The highest BCUT2D eigenvalue weighted by atomic mass is 127. The number of allylic oxidation sites excluding steroid dienone is 1. The molecular formula is C27H30INO. The van der Waals surface area contributed by atoms with Crippen LogP contribution in [0, 0.1) is 5.92 Å². The predicted octanol–water partition coefficient (Wildman–Crippen LogP) is 6.66. The van der Waals surface area contributed by atoms with Gasteiger partial charge in [-0.25, -0.2) is 0 Å². The molecule has 1 atom stereocenters. The Kier molecular flexibility index (Phi) is 8.52. The summed E-state index contributed by atoms with van der Waals surface area (Å²) < 4.78 is 6.97. The van der Waals surface area contributed by atoms with Crippen molar-refractivity contribution in [3.8, 4) is 5.75 Å². The van der Waals surface area contributed by atoms with E-state index < -0.39 is 0 Å². The van der Waals surface area contributed by atoms with Crippen LogP contribution in [0.15, 0.2) is 84.9 Å². The lowest BCUT2D eigenvalue weighted by molar-refractivity contribution is 0.261. The lowest BCUT2D eigenvalue weighted by Crippen LogP contribution is -2.19. The fourth-order valence-electron chi connectivity index (χ4n) is 3.52. The van der Waals surface area contributed by atoms with E-state index in [0.717, 1.165) is 16.7 Å². The molecule has 0 amide bonds. The first kappa shape index (κ1) is 22.6. The first-order valence-electron chi connectivity index (χ1n) is 10.4. The van der Waals surface area contributed by atoms with Gasteiger partial charge in [-0.15, -0.1) is 0 Å². The van der Waals surface area contributed by atoms with Gasteiger partial charge in [-0.2, -0.15) is 0 Å². The Morgan fingerprint density at radius 1 is 0.800 bits per heavy atom. The van der Waals surface area contributed by atoms with Gasteiger partial charge in [0, 0.05) is 11.0 Å². The maximum absolute atomic E-state index is 5.91. The molecule has 0 bridgehead atoms. The first-order valence-corrected chi connectivity index (χ1v) is 11.9. The largest absolute Gasteiger partial charge is 0.492 e. The van der Waals surface area contributed by atoms with Crippen molar-refractivity contribution < 1.29 is 4.74 Å². The molecule has 156 valence electrons. The van der Waals surface area contributed by atoms with Gasteiger partial charge in [0.25, 0.3) is 0 Å². The molecule has 3 aromatic rings. The summed E-state index contributed by atoms with van der Waals surface area (Å²) in [6, 6.07) is 30.1. The molecule has 0 saturated carbocycles. The van der Waals surface area contributed by atoms with Gasteiger partial charge in [-0.1, -0.05) is 102 Å². The summed E-state index contributed by atoms with van der Waals surface area (Å²) in [5, 5.41) is 0. The van der Waals surface area contributed by atoms with Crippen LogP contribution in [0.5, 0.6) is 5.75 Å². The molecule has 30 heavy (non-hydrogen) atoms. The molecule has 3 rings (SSSR count). The van der Waals surface area contributed by atoms with Gasteiger partial charge in [-0.3, -0.25) is 0 Å². The van der Waals surface area contributed by atoms with Crippen molar-refractivity contribution in [1.82, 2.24) is 4.90 Å². The van der Waals surface area contributed by atoms with Crippen molar-refractivity contribution in [2.75, 3.05) is 31.7 Å². The molecule has 0 spiro atoms. The zero-order valence-corrected chi connectivity index (χ0v) is 20.2. The van der Waals surface area contributed by atoms with Gasteiger partial charge < -0.3 is 9.64 Å². The first-order chi connectivity index (χ1) is 14.6. The summed E-state index contributed by atoms with van der Waals surface area (Å²) in [7, 11) is 4.12. The van der Waals surface area contributed by atoms with Crippen LogP contribution < -0.4 is 4.74 Å². The molecule has 2 nitrogen and oxygen atoms in total. The number of likely N-dealkylation sites (N-methyl/N-ethyl adjacent to an activating group) is 1. The lowest BCUT2D eigenvalue weighted by atomic mass is 9.84. The van der Waals surface area contributed by atoms with Gasteiger partial charge in [0.2, 0.25) is 0 Å². The van der Waals surface area contributed by atoms with Crippen LogP contribution in [0.4, 0.5) is 0 Å². The van der Waals surface area contributed by atoms with Crippen molar-refractivity contribution in [1.29, 1.82) is 0 Å². The molecule has 0 radical (unpaired) electrons. The summed E-state index contributed by atoms with van der Waals surface area (Å²) in [5.41, 5.74) is 6.43. The molecule has 0 fully saturated rings. The Balaban J connectivity index is 2.08. The molecule has 0 aromatic heterocycles. The van der Waals surface area contributed by atoms with Crippen LogP contribution >= 0.6 is 22.6 Å². The minimum absolute atomic E-state index is 0.430. The molecule has 0 saturated heterocycles. The molecular weight excluding hydrogens is 481 g/mol. The number of rotatable bonds is 9. The van der Waals surface area contributed by atoms with E-state index in [1.165, 1.54) is 27.8 Å². The van der Waals surface area contributed by atoms with E-state index in [-0.39, 0.29) is 0 Å². The average Bonchev–Trinajstić information content (AvgIpc) is 2.78. The van der Waals surface area contributed by atoms with Gasteiger partial charge in [0.15, 0.2) is 0 Å². The fraction of sp³-hybridized carbons (Fsp3) is 0.259. The number of ether oxygens (including phenoxy) is 1. The van der Waals surface area contributed by atoms with Gasteiger partial charge in [0.1, 0.15) is 12.4 Å². The van der Waals surface area contributed by atoms with E-state index in [9.17, 15) is 0 Å². The number of benzene rings is 3. The smallest absolute Gasteiger partial charge is 0.119 e. The van der Waals surface area contributed by atoms with E-state index in [0.29, 0.717) is 12.5 Å². The standard InChI is InChI=1S/C27H30INO/c1-21(20-28)26(22-10-6-4-7-11-22)27(23-12-8-5-9-13-23)24-14-16-25(17-15-24)30-19-18-29(2)3/h4-17,21H,18-20H2,1-3H3/b27-26+. The maximum atomic E-state index is 5.91. The normalized spacial score (nSPS) is 13.1. The van der Waals surface area contributed by atoms with E-state index in [4.69, 9.17) is 4.74 Å². The highest BCUT2D eigenvalue weighted by Gasteiger charge is 2.18. The molecule has 0 N–H and O–H groups in total. The number of halogens is 1. The quantitative estimate of drug-likeness (QED) is 0.181. The second-order valence-corrected chi connectivity index (χ2v) is 8.63. The summed E-state index contributed by atoms with van der Waals surface area (Å²) in [6.07, 6.45) is 0. The number of alkyl halides is 1. The Morgan fingerprint density at radius 3 is 1.87 bits per heavy atom.